The molecule has 152 valence electrons. The van der Waals surface area contributed by atoms with Crippen LogP contribution in [0.4, 0.5) is 0 Å². The van der Waals surface area contributed by atoms with Crippen molar-refractivity contribution in [3.05, 3.63) is 77.1 Å². The number of nitrogens with one attached hydrogen (secondary N) is 1. The fourth-order valence-corrected chi connectivity index (χ4v) is 3.06. The first-order valence-corrected chi connectivity index (χ1v) is 9.52. The van der Waals surface area contributed by atoms with Gasteiger partial charge < -0.3 is 14.3 Å². The lowest BCUT2D eigenvalue weighted by atomic mass is 10.1. The summed E-state index contributed by atoms with van der Waals surface area (Å²) >= 11 is 0. The third-order valence-electron chi connectivity index (χ3n) is 4.57. The molecule has 2 heterocycles. The van der Waals surface area contributed by atoms with Gasteiger partial charge in [0, 0.05) is 6.08 Å². The van der Waals surface area contributed by atoms with Gasteiger partial charge in [-0.05, 0) is 49.2 Å². The van der Waals surface area contributed by atoms with Crippen molar-refractivity contribution in [1.82, 2.24) is 5.06 Å². The number of amides is 1. The standard InChI is InChI=1S/C23H21N3O4/c1-15-5-3-4-6-20(15)29-12-11-28-18-9-7-17(8-10-18)14-19-22(24)26-21(25-23(19)27)13-16(2)30-26/h3-10,13-14,24H,11-12H2,1-2H3/b19-14+,24-22?. The first-order valence-electron chi connectivity index (χ1n) is 9.52. The van der Waals surface area contributed by atoms with Gasteiger partial charge in [-0.1, -0.05) is 30.3 Å². The number of carbonyl (C=O) groups excluding carboxylic acids is 1. The number of fused-ring (bicyclic) bond motifs is 1. The number of para-hydroxylation sites is 1. The van der Waals surface area contributed by atoms with Gasteiger partial charge >= 0.3 is 0 Å². The van der Waals surface area contributed by atoms with E-state index in [0.717, 1.165) is 16.9 Å². The Morgan fingerprint density at radius 2 is 1.80 bits per heavy atom. The monoisotopic (exact) mass is 403 g/mol. The van der Waals surface area contributed by atoms with Crippen molar-refractivity contribution in [2.75, 3.05) is 13.2 Å². The molecule has 0 unspecified atom stereocenters. The zero-order chi connectivity index (χ0) is 21.1. The van der Waals surface area contributed by atoms with Crippen LogP contribution in [0.3, 0.4) is 0 Å². The number of ether oxygens (including phenoxy) is 2. The fourth-order valence-electron chi connectivity index (χ4n) is 3.06. The summed E-state index contributed by atoms with van der Waals surface area (Å²) in [4.78, 5) is 21.7. The summed E-state index contributed by atoms with van der Waals surface area (Å²) in [5.74, 6) is 1.96. The predicted octanol–water partition coefficient (Wildman–Crippen LogP) is 3.90. The summed E-state index contributed by atoms with van der Waals surface area (Å²) in [6.07, 6.45) is 3.24. The molecular weight excluding hydrogens is 382 g/mol. The predicted molar refractivity (Wildman–Crippen MR) is 113 cm³/mol. The Kier molecular flexibility index (Phi) is 5.34. The molecule has 1 N–H and O–H groups in total. The molecule has 1 amide bonds. The number of hydrogen-bond donors (Lipinski definition) is 1. The molecule has 0 spiro atoms. The van der Waals surface area contributed by atoms with Gasteiger partial charge in [-0.2, -0.15) is 4.99 Å². The van der Waals surface area contributed by atoms with Crippen LogP contribution in [0.25, 0.3) is 6.08 Å². The summed E-state index contributed by atoms with van der Waals surface area (Å²) in [6.45, 7) is 4.59. The average molecular weight is 403 g/mol. The van der Waals surface area contributed by atoms with Crippen LogP contribution < -0.4 is 9.47 Å². The normalized spacial score (nSPS) is 16.7. The van der Waals surface area contributed by atoms with Crippen LogP contribution in [0.15, 0.2) is 70.9 Å². The Morgan fingerprint density at radius 1 is 1.07 bits per heavy atom. The molecule has 2 aliphatic heterocycles. The van der Waals surface area contributed by atoms with Crippen LogP contribution in [-0.4, -0.2) is 35.9 Å². The molecule has 0 aliphatic carbocycles. The minimum Gasteiger partial charge on any atom is -0.490 e. The summed E-state index contributed by atoms with van der Waals surface area (Å²) in [7, 11) is 0. The zero-order valence-electron chi connectivity index (χ0n) is 16.7. The maximum Gasteiger partial charge on any atom is 0.282 e. The Morgan fingerprint density at radius 3 is 2.57 bits per heavy atom. The first-order chi connectivity index (χ1) is 14.5. The molecule has 0 aromatic heterocycles. The van der Waals surface area contributed by atoms with E-state index >= 15 is 0 Å². The highest BCUT2D eigenvalue weighted by atomic mass is 16.7. The Labute approximate surface area is 174 Å². The van der Waals surface area contributed by atoms with E-state index in [1.807, 2.05) is 55.5 Å². The smallest absolute Gasteiger partial charge is 0.282 e. The van der Waals surface area contributed by atoms with E-state index in [0.29, 0.717) is 30.6 Å². The average Bonchev–Trinajstić information content (AvgIpc) is 3.11. The van der Waals surface area contributed by atoms with Gasteiger partial charge in [0.25, 0.3) is 5.91 Å². The van der Waals surface area contributed by atoms with Gasteiger partial charge in [-0.25, -0.2) is 0 Å². The molecular formula is C23H21N3O4. The van der Waals surface area contributed by atoms with E-state index < -0.39 is 5.91 Å². The molecule has 0 atom stereocenters. The quantitative estimate of drug-likeness (QED) is 0.584. The van der Waals surface area contributed by atoms with Crippen LogP contribution in [0, 0.1) is 12.3 Å². The molecule has 30 heavy (non-hydrogen) atoms. The van der Waals surface area contributed by atoms with Crippen LogP contribution in [-0.2, 0) is 9.63 Å². The van der Waals surface area contributed by atoms with Gasteiger partial charge in [-0.3, -0.25) is 10.2 Å². The second-order valence-electron chi connectivity index (χ2n) is 6.85. The maximum absolute atomic E-state index is 12.3. The van der Waals surface area contributed by atoms with Crippen LogP contribution in [0.5, 0.6) is 11.5 Å². The van der Waals surface area contributed by atoms with Gasteiger partial charge in [-0.15, -0.1) is 5.06 Å². The van der Waals surface area contributed by atoms with Crippen molar-refractivity contribution >= 4 is 23.7 Å². The van der Waals surface area contributed by atoms with Crippen molar-refractivity contribution in [2.45, 2.75) is 13.8 Å². The lowest BCUT2D eigenvalue weighted by Crippen LogP contribution is -2.38. The number of amidine groups is 2. The van der Waals surface area contributed by atoms with Crippen molar-refractivity contribution in [2.24, 2.45) is 4.99 Å². The number of aryl methyl sites for hydroxylation is 1. The van der Waals surface area contributed by atoms with Gasteiger partial charge in [0.2, 0.25) is 0 Å². The van der Waals surface area contributed by atoms with Gasteiger partial charge in [0.15, 0.2) is 11.7 Å². The maximum atomic E-state index is 12.3. The number of aliphatic imine (C=N–C) groups is 1. The number of benzene rings is 2. The second-order valence-corrected chi connectivity index (χ2v) is 6.85. The number of hydroxylamine groups is 2. The van der Waals surface area contributed by atoms with E-state index in [1.165, 1.54) is 5.06 Å². The first kappa shape index (κ1) is 19.4. The SMILES string of the molecule is CC1=CC2=NC(=O)/C(=C/c3ccc(OCCOc4ccccc4C)cc3)C(=N)N2O1. The molecule has 0 fully saturated rings. The Hall–Kier alpha value is -3.87. The second kappa shape index (κ2) is 8.24. The largest absolute Gasteiger partial charge is 0.490 e. The highest BCUT2D eigenvalue weighted by Crippen LogP contribution is 2.24. The highest BCUT2D eigenvalue weighted by molar-refractivity contribution is 6.32. The summed E-state index contributed by atoms with van der Waals surface area (Å²) < 4.78 is 11.4. The summed E-state index contributed by atoms with van der Waals surface area (Å²) in [5, 5.41) is 9.49. The van der Waals surface area contributed by atoms with Crippen LogP contribution in [0.1, 0.15) is 18.1 Å². The van der Waals surface area contributed by atoms with E-state index in [-0.39, 0.29) is 11.4 Å². The van der Waals surface area contributed by atoms with Crippen molar-refractivity contribution in [3.63, 3.8) is 0 Å². The van der Waals surface area contributed by atoms with Gasteiger partial charge in [0.05, 0.1) is 5.57 Å². The van der Waals surface area contributed by atoms with Crippen molar-refractivity contribution in [3.8, 4) is 11.5 Å². The van der Waals surface area contributed by atoms with Crippen LogP contribution in [0.2, 0.25) is 0 Å². The molecule has 0 saturated heterocycles. The highest BCUT2D eigenvalue weighted by Gasteiger charge is 2.34. The topological polar surface area (TPSA) is 84.2 Å². The number of hydrogen-bond acceptors (Lipinski definition) is 5. The number of allylic oxidation sites excluding steroid dienone is 1. The molecule has 0 radical (unpaired) electrons. The minimum atomic E-state index is -0.463. The van der Waals surface area contributed by atoms with Crippen molar-refractivity contribution < 1.29 is 19.1 Å². The molecule has 4 rings (SSSR count). The Bertz CT molecular complexity index is 1080. The zero-order valence-corrected chi connectivity index (χ0v) is 16.7. The molecule has 7 heteroatoms. The van der Waals surface area contributed by atoms with E-state index in [2.05, 4.69) is 4.99 Å². The number of carbonyl (C=O) groups is 1. The third-order valence-corrected chi connectivity index (χ3v) is 4.57. The molecule has 2 aromatic rings. The van der Waals surface area contributed by atoms with Crippen molar-refractivity contribution in [1.29, 1.82) is 5.41 Å². The van der Waals surface area contributed by atoms with E-state index in [9.17, 15) is 4.79 Å². The van der Waals surface area contributed by atoms with E-state index in [1.54, 1.807) is 19.1 Å². The summed E-state index contributed by atoms with van der Waals surface area (Å²) in [5.41, 5.74) is 2.01. The fraction of sp³-hybridized carbons (Fsp3) is 0.174. The minimum absolute atomic E-state index is 0.0354. The molecule has 2 aliphatic rings. The Balaban J connectivity index is 1.35. The van der Waals surface area contributed by atoms with Gasteiger partial charge in [0.1, 0.15) is 30.5 Å². The molecule has 0 bridgehead atoms. The number of rotatable bonds is 6. The lowest BCUT2D eigenvalue weighted by Gasteiger charge is -2.22. The third kappa shape index (κ3) is 4.10. The molecule has 2 aromatic carbocycles. The summed E-state index contributed by atoms with van der Waals surface area (Å²) in [6, 6.07) is 15.1. The van der Waals surface area contributed by atoms with E-state index in [4.69, 9.17) is 19.7 Å². The number of nitrogens with zero attached hydrogens (tertiary/aromatic N) is 2. The lowest BCUT2D eigenvalue weighted by molar-refractivity contribution is -0.114. The van der Waals surface area contributed by atoms with Crippen LogP contribution >= 0.6 is 0 Å². The molecule has 0 saturated carbocycles. The molecule has 7 nitrogen and oxygen atoms in total.